The summed E-state index contributed by atoms with van der Waals surface area (Å²) in [7, 11) is 0. The third kappa shape index (κ3) is 4.57. The van der Waals surface area contributed by atoms with E-state index in [1.807, 2.05) is 13.8 Å². The zero-order chi connectivity index (χ0) is 30.6. The van der Waals surface area contributed by atoms with Gasteiger partial charge in [0.05, 0.1) is 0 Å². The van der Waals surface area contributed by atoms with Crippen LogP contribution in [0.5, 0.6) is 46.0 Å². The van der Waals surface area contributed by atoms with Crippen LogP contribution < -0.4 is 0 Å². The summed E-state index contributed by atoms with van der Waals surface area (Å²) in [6, 6.07) is 11.5. The predicted octanol–water partition coefficient (Wildman–Crippen LogP) is 7.03. The fourth-order valence-electron chi connectivity index (χ4n) is 6.50. The van der Waals surface area contributed by atoms with Gasteiger partial charge < -0.3 is 40.9 Å². The minimum Gasteiger partial charge on any atom is -0.508 e. The second-order valence-electron chi connectivity index (χ2n) is 11.2. The second kappa shape index (κ2) is 10.6. The molecule has 0 aromatic heterocycles. The van der Waals surface area contributed by atoms with E-state index in [1.165, 1.54) is 24.3 Å². The number of aromatic hydroxyl groups is 8. The SMILES string of the molecule is CCC1c2cc(c(O)cc2O)C(C)c2cc(c(O)cc2O)C(C)c2cc(c(O)cc2O)C(CC)c2cc1c(O)cc2O. The first kappa shape index (κ1) is 28.8. The largest absolute Gasteiger partial charge is 0.508 e. The van der Waals surface area contributed by atoms with Crippen molar-refractivity contribution in [1.82, 2.24) is 0 Å². The van der Waals surface area contributed by atoms with Crippen molar-refractivity contribution in [2.45, 2.75) is 64.2 Å². The third-order valence-corrected chi connectivity index (χ3v) is 8.89. The van der Waals surface area contributed by atoms with Crippen LogP contribution in [0.2, 0.25) is 0 Å². The first-order valence-electron chi connectivity index (χ1n) is 14.1. The van der Waals surface area contributed by atoms with Gasteiger partial charge >= 0.3 is 0 Å². The molecular formula is C34H36O8. The Morgan fingerprint density at radius 1 is 0.357 bits per heavy atom. The first-order chi connectivity index (χ1) is 19.9. The summed E-state index contributed by atoms with van der Waals surface area (Å²) in [5.74, 6) is -3.77. The van der Waals surface area contributed by atoms with Crippen molar-refractivity contribution in [3.05, 3.63) is 93.0 Å². The van der Waals surface area contributed by atoms with E-state index in [4.69, 9.17) is 0 Å². The molecule has 4 aromatic rings. The molecule has 8 heteroatoms. The van der Waals surface area contributed by atoms with Crippen LogP contribution >= 0.6 is 0 Å². The third-order valence-electron chi connectivity index (χ3n) is 8.89. The van der Waals surface area contributed by atoms with E-state index in [9.17, 15) is 40.9 Å². The van der Waals surface area contributed by atoms with Gasteiger partial charge in [0, 0.05) is 92.4 Å². The molecular weight excluding hydrogens is 536 g/mol. The molecule has 8 bridgehead atoms. The van der Waals surface area contributed by atoms with Crippen LogP contribution in [0.3, 0.4) is 0 Å². The lowest BCUT2D eigenvalue weighted by molar-refractivity contribution is 0.426. The number of phenols is 8. The van der Waals surface area contributed by atoms with Gasteiger partial charge in [-0.1, -0.05) is 27.7 Å². The predicted molar refractivity (Wildman–Crippen MR) is 158 cm³/mol. The lowest BCUT2D eigenvalue weighted by Crippen LogP contribution is -2.09. The van der Waals surface area contributed by atoms with Crippen LogP contribution in [0.1, 0.15) is 109 Å². The molecule has 42 heavy (non-hydrogen) atoms. The monoisotopic (exact) mass is 572 g/mol. The maximum absolute atomic E-state index is 11.0. The van der Waals surface area contributed by atoms with Gasteiger partial charge in [-0.2, -0.15) is 0 Å². The van der Waals surface area contributed by atoms with E-state index < -0.39 is 23.7 Å². The minimum absolute atomic E-state index is 0.175. The van der Waals surface area contributed by atoms with Gasteiger partial charge in [0.2, 0.25) is 0 Å². The van der Waals surface area contributed by atoms with Crippen molar-refractivity contribution in [3.8, 4) is 46.0 Å². The normalized spacial score (nSPS) is 19.9. The zero-order valence-electron chi connectivity index (χ0n) is 23.9. The maximum atomic E-state index is 11.0. The Bertz CT molecular complexity index is 1580. The molecule has 1 aliphatic carbocycles. The zero-order valence-corrected chi connectivity index (χ0v) is 23.9. The van der Waals surface area contributed by atoms with E-state index in [1.54, 1.807) is 38.1 Å². The van der Waals surface area contributed by atoms with E-state index in [2.05, 4.69) is 0 Å². The molecule has 0 radical (unpaired) electrons. The Kier molecular flexibility index (Phi) is 7.27. The molecule has 0 saturated carbocycles. The summed E-state index contributed by atoms with van der Waals surface area (Å²) in [6.45, 7) is 7.33. The molecule has 8 nitrogen and oxygen atoms in total. The Morgan fingerprint density at radius 2 is 0.548 bits per heavy atom. The van der Waals surface area contributed by atoms with Crippen LogP contribution in [0, 0.1) is 0 Å². The molecule has 0 saturated heterocycles. The number of hydrogen-bond donors (Lipinski definition) is 8. The average molecular weight is 573 g/mol. The van der Waals surface area contributed by atoms with Crippen molar-refractivity contribution in [2.75, 3.05) is 0 Å². The lowest BCUT2D eigenvalue weighted by atomic mass is 9.79. The number of hydrogen-bond acceptors (Lipinski definition) is 8. The number of benzene rings is 4. The van der Waals surface area contributed by atoms with Gasteiger partial charge in [0.15, 0.2) is 0 Å². The van der Waals surface area contributed by atoms with Crippen LogP contribution in [0.25, 0.3) is 0 Å². The van der Waals surface area contributed by atoms with Gasteiger partial charge in [0.25, 0.3) is 0 Å². The highest BCUT2D eigenvalue weighted by Crippen LogP contribution is 2.50. The van der Waals surface area contributed by atoms with Crippen molar-refractivity contribution in [3.63, 3.8) is 0 Å². The molecule has 0 heterocycles. The average Bonchev–Trinajstić information content (AvgIpc) is 2.92. The molecule has 5 rings (SSSR count). The quantitative estimate of drug-likeness (QED) is 0.127. The molecule has 0 fully saturated rings. The van der Waals surface area contributed by atoms with E-state index in [-0.39, 0.29) is 46.0 Å². The van der Waals surface area contributed by atoms with E-state index in [0.717, 1.165) is 0 Å². The first-order valence-corrected chi connectivity index (χ1v) is 14.1. The van der Waals surface area contributed by atoms with Crippen molar-refractivity contribution in [2.24, 2.45) is 0 Å². The molecule has 0 spiro atoms. The van der Waals surface area contributed by atoms with Crippen LogP contribution in [-0.4, -0.2) is 40.9 Å². The Hall–Kier alpha value is -4.72. The molecule has 4 atom stereocenters. The summed E-state index contributed by atoms with van der Waals surface area (Å²) in [5.41, 5.74) is 3.38. The summed E-state index contributed by atoms with van der Waals surface area (Å²) in [6.07, 6.45) is 0.892. The van der Waals surface area contributed by atoms with Gasteiger partial charge in [0.1, 0.15) is 46.0 Å². The molecule has 0 amide bonds. The molecule has 0 aliphatic heterocycles. The molecule has 8 N–H and O–H groups in total. The fourth-order valence-corrected chi connectivity index (χ4v) is 6.50. The number of phenolic OH excluding ortho intramolecular Hbond substituents is 8. The number of fused-ring (bicyclic) bond motifs is 8. The highest BCUT2D eigenvalue weighted by Gasteiger charge is 2.30. The Labute approximate surface area is 244 Å². The number of rotatable bonds is 2. The Morgan fingerprint density at radius 3 is 0.786 bits per heavy atom. The van der Waals surface area contributed by atoms with Crippen molar-refractivity contribution in [1.29, 1.82) is 0 Å². The van der Waals surface area contributed by atoms with Crippen molar-refractivity contribution >= 4 is 0 Å². The summed E-state index contributed by atoms with van der Waals surface area (Å²) in [4.78, 5) is 0. The fraction of sp³-hybridized carbons (Fsp3) is 0.294. The van der Waals surface area contributed by atoms with Crippen LogP contribution in [-0.2, 0) is 0 Å². The summed E-state index contributed by atoms with van der Waals surface area (Å²) >= 11 is 0. The lowest BCUT2D eigenvalue weighted by Gasteiger charge is -2.27. The smallest absolute Gasteiger partial charge is 0.123 e. The molecule has 1 aliphatic rings. The minimum atomic E-state index is -0.598. The van der Waals surface area contributed by atoms with Crippen LogP contribution in [0.15, 0.2) is 48.5 Å². The second-order valence-corrected chi connectivity index (χ2v) is 11.2. The maximum Gasteiger partial charge on any atom is 0.123 e. The molecule has 4 unspecified atom stereocenters. The highest BCUT2D eigenvalue weighted by atomic mass is 16.3. The van der Waals surface area contributed by atoms with Gasteiger partial charge in [-0.3, -0.25) is 0 Å². The van der Waals surface area contributed by atoms with E-state index in [0.29, 0.717) is 57.3 Å². The van der Waals surface area contributed by atoms with Crippen molar-refractivity contribution < 1.29 is 40.9 Å². The van der Waals surface area contributed by atoms with Gasteiger partial charge in [-0.25, -0.2) is 0 Å². The van der Waals surface area contributed by atoms with Gasteiger partial charge in [-0.15, -0.1) is 0 Å². The topological polar surface area (TPSA) is 162 Å². The highest BCUT2D eigenvalue weighted by molar-refractivity contribution is 5.61. The molecule has 220 valence electrons. The van der Waals surface area contributed by atoms with E-state index >= 15 is 0 Å². The summed E-state index contributed by atoms with van der Waals surface area (Å²) < 4.78 is 0. The standard InChI is InChI=1S/C34H36O8/c1-5-17-23-8-21(29(37)12-31(23)39)15(3)19-7-20(28(36)11-27(19)35)16(4)22-9-24(32(40)13-30(22)38)18(6-2)26-10-25(17)33(41)14-34(26)42/h7-18,35-42H,5-6H2,1-4H3. The summed E-state index contributed by atoms with van der Waals surface area (Å²) in [5, 5.41) is 87.6. The van der Waals surface area contributed by atoms with Gasteiger partial charge in [-0.05, 0) is 37.1 Å². The Balaban J connectivity index is 1.91. The van der Waals surface area contributed by atoms with Crippen LogP contribution in [0.4, 0.5) is 0 Å². The molecule has 4 aromatic carbocycles.